The molecule has 0 spiro atoms. The smallest absolute Gasteiger partial charge is 0.317 e. The number of amides is 2. The molecule has 3 rings (SSSR count). The molecular formula is C20H28N4O3S. The third-order valence-corrected chi connectivity index (χ3v) is 6.21. The van der Waals surface area contributed by atoms with Crippen LogP contribution in [0.5, 0.6) is 0 Å². The molecule has 7 nitrogen and oxygen atoms in total. The molecule has 1 aromatic carbocycles. The zero-order valence-corrected chi connectivity index (χ0v) is 17.7. The van der Waals surface area contributed by atoms with Crippen LogP contribution in [-0.4, -0.2) is 61.8 Å². The minimum Gasteiger partial charge on any atom is -0.354 e. The summed E-state index contributed by atoms with van der Waals surface area (Å²) in [6.07, 6.45) is 0.755. The molecule has 0 unspecified atom stereocenters. The summed E-state index contributed by atoms with van der Waals surface area (Å²) in [6.45, 7) is 10.0. The summed E-state index contributed by atoms with van der Waals surface area (Å²) in [5.41, 5.74) is 1.02. The van der Waals surface area contributed by atoms with Crippen LogP contribution in [0.15, 0.2) is 40.3 Å². The Labute approximate surface area is 167 Å². The van der Waals surface area contributed by atoms with E-state index < -0.39 is 10.0 Å². The van der Waals surface area contributed by atoms with Gasteiger partial charge in [-0.3, -0.25) is 0 Å². The molecule has 0 bridgehead atoms. The molecule has 2 heterocycles. The van der Waals surface area contributed by atoms with E-state index in [2.05, 4.69) is 9.71 Å². The van der Waals surface area contributed by atoms with E-state index in [1.54, 1.807) is 24.0 Å². The number of carbonyl (C=O) groups excluding carboxylic acids is 1. The molecule has 1 saturated heterocycles. The number of nitrogens with zero attached hydrogens (tertiary/aromatic N) is 3. The van der Waals surface area contributed by atoms with Gasteiger partial charge < -0.3 is 15.1 Å². The average molecular weight is 405 g/mol. The van der Waals surface area contributed by atoms with Crippen molar-refractivity contribution in [1.29, 1.82) is 0 Å². The SMILES string of the molecule is CC1=C(c2ccccc2)S(=O)(=O)N=C1N1CCCN(C(=O)NC(C)(C)C)CC1. The van der Waals surface area contributed by atoms with E-state index in [0.717, 1.165) is 6.42 Å². The van der Waals surface area contributed by atoms with Crippen molar-refractivity contribution in [2.45, 2.75) is 39.7 Å². The van der Waals surface area contributed by atoms with E-state index in [-0.39, 0.29) is 16.5 Å². The normalized spacial score (nSPS) is 20.1. The number of rotatable bonds is 1. The van der Waals surface area contributed by atoms with Crippen LogP contribution in [0.1, 0.15) is 39.7 Å². The lowest BCUT2D eigenvalue weighted by Crippen LogP contribution is -2.49. The van der Waals surface area contributed by atoms with Crippen molar-refractivity contribution in [2.75, 3.05) is 26.2 Å². The summed E-state index contributed by atoms with van der Waals surface area (Å²) in [6, 6.07) is 8.98. The standard InChI is InChI=1S/C20H28N4O3S/c1-15-17(16-9-6-5-7-10-16)28(26,27)22-18(15)23-11-8-12-24(14-13-23)19(25)21-20(2,3)4/h5-7,9-10H,8,11-14H2,1-4H3,(H,21,25). The fraction of sp³-hybridized carbons (Fsp3) is 0.500. The molecule has 28 heavy (non-hydrogen) atoms. The summed E-state index contributed by atoms with van der Waals surface area (Å²) >= 11 is 0. The van der Waals surface area contributed by atoms with E-state index in [1.165, 1.54) is 0 Å². The maximum Gasteiger partial charge on any atom is 0.317 e. The second-order valence-electron chi connectivity index (χ2n) is 8.22. The van der Waals surface area contributed by atoms with Crippen LogP contribution in [-0.2, 0) is 10.0 Å². The zero-order chi connectivity index (χ0) is 20.5. The van der Waals surface area contributed by atoms with Crippen molar-refractivity contribution in [3.63, 3.8) is 0 Å². The van der Waals surface area contributed by atoms with Gasteiger partial charge in [0.2, 0.25) is 0 Å². The van der Waals surface area contributed by atoms with Crippen LogP contribution in [0.25, 0.3) is 4.91 Å². The molecule has 0 radical (unpaired) electrons. The molecular weight excluding hydrogens is 376 g/mol. The van der Waals surface area contributed by atoms with Gasteiger partial charge >= 0.3 is 6.03 Å². The van der Waals surface area contributed by atoms with E-state index >= 15 is 0 Å². The van der Waals surface area contributed by atoms with Gasteiger partial charge in [0.25, 0.3) is 10.0 Å². The monoisotopic (exact) mass is 404 g/mol. The Bertz CT molecular complexity index is 915. The highest BCUT2D eigenvalue weighted by Gasteiger charge is 2.34. The Balaban J connectivity index is 1.79. The van der Waals surface area contributed by atoms with Crippen LogP contribution in [0, 0.1) is 0 Å². The Morgan fingerprint density at radius 2 is 1.75 bits per heavy atom. The first-order valence-electron chi connectivity index (χ1n) is 9.52. The molecule has 8 heteroatoms. The maximum atomic E-state index is 12.7. The van der Waals surface area contributed by atoms with Gasteiger partial charge in [-0.1, -0.05) is 30.3 Å². The Kier molecular flexibility index (Phi) is 5.52. The number of nitrogens with one attached hydrogen (secondary N) is 1. The lowest BCUT2D eigenvalue weighted by atomic mass is 10.1. The topological polar surface area (TPSA) is 82.1 Å². The quantitative estimate of drug-likeness (QED) is 0.780. The molecule has 0 aromatic heterocycles. The maximum absolute atomic E-state index is 12.7. The van der Waals surface area contributed by atoms with E-state index in [9.17, 15) is 13.2 Å². The number of carbonyl (C=O) groups is 1. The number of sulfonamides is 1. The van der Waals surface area contributed by atoms with E-state index in [4.69, 9.17) is 0 Å². The Hall–Kier alpha value is -2.35. The summed E-state index contributed by atoms with van der Waals surface area (Å²) in [7, 11) is -3.72. The molecule has 152 valence electrons. The van der Waals surface area contributed by atoms with Gasteiger partial charge in [0, 0.05) is 37.3 Å². The average Bonchev–Trinajstić information content (AvgIpc) is 2.77. The Morgan fingerprint density at radius 1 is 1.07 bits per heavy atom. The second-order valence-corrected chi connectivity index (χ2v) is 9.76. The van der Waals surface area contributed by atoms with Gasteiger partial charge in [-0.05, 0) is 39.7 Å². The van der Waals surface area contributed by atoms with Crippen LogP contribution in [0.4, 0.5) is 4.79 Å². The van der Waals surface area contributed by atoms with Gasteiger partial charge in [-0.2, -0.15) is 8.42 Å². The van der Waals surface area contributed by atoms with E-state index in [1.807, 2.05) is 43.9 Å². The minimum atomic E-state index is -3.72. The van der Waals surface area contributed by atoms with Crippen molar-refractivity contribution in [1.82, 2.24) is 15.1 Å². The van der Waals surface area contributed by atoms with Crippen LogP contribution in [0.2, 0.25) is 0 Å². The van der Waals surface area contributed by atoms with Gasteiger partial charge in [-0.25, -0.2) is 4.79 Å². The molecule has 0 saturated carbocycles. The molecule has 2 aliphatic rings. The van der Waals surface area contributed by atoms with Crippen molar-refractivity contribution in [2.24, 2.45) is 4.40 Å². The highest BCUT2D eigenvalue weighted by atomic mass is 32.2. The first-order valence-corrected chi connectivity index (χ1v) is 11.0. The molecule has 1 N–H and O–H groups in total. The predicted octanol–water partition coefficient (Wildman–Crippen LogP) is 2.68. The number of hydrogen-bond donors (Lipinski definition) is 1. The summed E-state index contributed by atoms with van der Waals surface area (Å²) in [4.78, 5) is 16.5. The van der Waals surface area contributed by atoms with Crippen molar-refractivity contribution in [3.05, 3.63) is 41.5 Å². The number of urea groups is 1. The molecule has 0 atom stereocenters. The number of hydrogen-bond acceptors (Lipinski definition) is 4. The molecule has 1 fully saturated rings. The molecule has 1 aromatic rings. The third kappa shape index (κ3) is 4.38. The third-order valence-electron chi connectivity index (χ3n) is 4.74. The van der Waals surface area contributed by atoms with Gasteiger partial charge in [0.15, 0.2) is 0 Å². The lowest BCUT2D eigenvalue weighted by Gasteiger charge is -2.28. The van der Waals surface area contributed by atoms with Crippen LogP contribution < -0.4 is 5.32 Å². The molecule has 2 amide bonds. The van der Waals surface area contributed by atoms with Crippen LogP contribution >= 0.6 is 0 Å². The predicted molar refractivity (Wildman–Crippen MR) is 111 cm³/mol. The lowest BCUT2D eigenvalue weighted by molar-refractivity contribution is 0.191. The van der Waals surface area contributed by atoms with E-state index in [0.29, 0.717) is 43.2 Å². The highest BCUT2D eigenvalue weighted by molar-refractivity contribution is 8.00. The number of amidine groups is 1. The Morgan fingerprint density at radius 3 is 2.39 bits per heavy atom. The van der Waals surface area contributed by atoms with Gasteiger partial charge in [0.1, 0.15) is 10.7 Å². The molecule has 0 aliphatic carbocycles. The fourth-order valence-corrected chi connectivity index (χ4v) is 4.99. The second kappa shape index (κ2) is 7.58. The van der Waals surface area contributed by atoms with Gasteiger partial charge in [0.05, 0.1) is 0 Å². The first-order chi connectivity index (χ1) is 13.1. The number of benzene rings is 1. The molecule has 2 aliphatic heterocycles. The largest absolute Gasteiger partial charge is 0.354 e. The van der Waals surface area contributed by atoms with Crippen molar-refractivity contribution in [3.8, 4) is 0 Å². The summed E-state index contributed by atoms with van der Waals surface area (Å²) in [5, 5.41) is 2.98. The summed E-state index contributed by atoms with van der Waals surface area (Å²) < 4.78 is 29.5. The van der Waals surface area contributed by atoms with Crippen molar-refractivity contribution < 1.29 is 13.2 Å². The van der Waals surface area contributed by atoms with Gasteiger partial charge in [-0.15, -0.1) is 4.40 Å². The highest BCUT2D eigenvalue weighted by Crippen LogP contribution is 2.33. The van der Waals surface area contributed by atoms with Crippen LogP contribution in [0.3, 0.4) is 0 Å². The summed E-state index contributed by atoms with van der Waals surface area (Å²) in [5.74, 6) is 0.497. The zero-order valence-electron chi connectivity index (χ0n) is 16.9. The first kappa shape index (κ1) is 20.4. The van der Waals surface area contributed by atoms with Crippen molar-refractivity contribution >= 4 is 26.8 Å². The fourth-order valence-electron chi connectivity index (χ4n) is 3.51. The minimum absolute atomic E-state index is 0.0902.